The van der Waals surface area contributed by atoms with Gasteiger partial charge in [-0.1, -0.05) is 12.2 Å². The molecule has 4 nitrogen and oxygen atoms in total. The van der Waals surface area contributed by atoms with E-state index in [0.717, 1.165) is 12.8 Å². The second kappa shape index (κ2) is 5.88. The molecule has 4 heteroatoms. The van der Waals surface area contributed by atoms with Crippen molar-refractivity contribution in [3.05, 3.63) is 12.2 Å². The van der Waals surface area contributed by atoms with E-state index < -0.39 is 0 Å². The Kier molecular flexibility index (Phi) is 4.78. The second-order valence-electron chi connectivity index (χ2n) is 4.17. The minimum Gasteiger partial charge on any atom is -0.393 e. The zero-order chi connectivity index (χ0) is 11.3. The summed E-state index contributed by atoms with van der Waals surface area (Å²) in [4.78, 5) is 11.6. The molecule has 1 aliphatic carbocycles. The Balaban J connectivity index is 2.11. The van der Waals surface area contributed by atoms with Crippen molar-refractivity contribution in [2.75, 3.05) is 6.54 Å². The fourth-order valence-electron chi connectivity index (χ4n) is 1.66. The van der Waals surface area contributed by atoms with E-state index in [2.05, 4.69) is 5.32 Å². The number of carbonyl (C=O) groups excluding carboxylic acids is 1. The van der Waals surface area contributed by atoms with Crippen molar-refractivity contribution in [3.63, 3.8) is 0 Å². The molecule has 1 amide bonds. The summed E-state index contributed by atoms with van der Waals surface area (Å²) in [6.07, 6.45) is 5.70. The molecule has 0 aliphatic heterocycles. The lowest BCUT2D eigenvalue weighted by Crippen LogP contribution is -2.31. The van der Waals surface area contributed by atoms with Crippen molar-refractivity contribution in [2.24, 2.45) is 11.7 Å². The highest BCUT2D eigenvalue weighted by molar-refractivity contribution is 5.81. The Labute approximate surface area is 90.5 Å². The Morgan fingerprint density at radius 3 is 2.93 bits per heavy atom. The van der Waals surface area contributed by atoms with Gasteiger partial charge in [-0.3, -0.25) is 4.79 Å². The molecule has 4 N–H and O–H groups in total. The lowest BCUT2D eigenvalue weighted by Gasteiger charge is -2.10. The average molecular weight is 212 g/mol. The Morgan fingerprint density at radius 2 is 2.40 bits per heavy atom. The van der Waals surface area contributed by atoms with Crippen LogP contribution in [-0.2, 0) is 4.79 Å². The van der Waals surface area contributed by atoms with Crippen LogP contribution in [0.25, 0.3) is 0 Å². The van der Waals surface area contributed by atoms with E-state index in [1.54, 1.807) is 6.92 Å². The Hall–Kier alpha value is -0.870. The average Bonchev–Trinajstić information content (AvgIpc) is 2.59. The first-order chi connectivity index (χ1) is 7.09. The molecule has 0 aromatic heterocycles. The summed E-state index contributed by atoms with van der Waals surface area (Å²) in [7, 11) is 0. The number of aliphatic hydroxyl groups excluding tert-OH is 1. The number of nitrogens with one attached hydrogen (secondary N) is 1. The molecule has 0 fully saturated rings. The molecule has 1 aliphatic rings. The van der Waals surface area contributed by atoms with Crippen LogP contribution in [0.15, 0.2) is 12.2 Å². The molecule has 0 spiro atoms. The molecule has 3 atom stereocenters. The molecule has 0 saturated carbocycles. The number of carbonyl (C=O) groups is 1. The first-order valence-corrected chi connectivity index (χ1v) is 5.49. The largest absolute Gasteiger partial charge is 0.393 e. The monoisotopic (exact) mass is 212 g/mol. The van der Waals surface area contributed by atoms with Gasteiger partial charge in [0.1, 0.15) is 0 Å². The van der Waals surface area contributed by atoms with Crippen molar-refractivity contribution in [1.29, 1.82) is 0 Å². The van der Waals surface area contributed by atoms with Crippen molar-refractivity contribution in [3.8, 4) is 0 Å². The van der Waals surface area contributed by atoms with Gasteiger partial charge >= 0.3 is 0 Å². The lowest BCUT2D eigenvalue weighted by molar-refractivity contribution is -0.123. The quantitative estimate of drug-likeness (QED) is 0.449. The SMILES string of the molecule is CC(O)CCCNC(=O)C1C=CC(N)C1. The molecule has 0 bridgehead atoms. The van der Waals surface area contributed by atoms with E-state index in [1.165, 1.54) is 0 Å². The molecule has 0 heterocycles. The number of hydrogen-bond acceptors (Lipinski definition) is 3. The maximum Gasteiger partial charge on any atom is 0.226 e. The molecular formula is C11H20N2O2. The molecule has 0 radical (unpaired) electrons. The molecule has 86 valence electrons. The van der Waals surface area contributed by atoms with Crippen LogP contribution in [0.2, 0.25) is 0 Å². The van der Waals surface area contributed by atoms with Crippen molar-refractivity contribution in [2.45, 2.75) is 38.3 Å². The van der Waals surface area contributed by atoms with E-state index in [4.69, 9.17) is 10.8 Å². The van der Waals surface area contributed by atoms with Gasteiger partial charge < -0.3 is 16.2 Å². The lowest BCUT2D eigenvalue weighted by atomic mass is 10.1. The zero-order valence-electron chi connectivity index (χ0n) is 9.15. The van der Waals surface area contributed by atoms with Crippen LogP contribution in [0, 0.1) is 5.92 Å². The van der Waals surface area contributed by atoms with Crippen LogP contribution in [0.3, 0.4) is 0 Å². The van der Waals surface area contributed by atoms with Gasteiger partial charge in [0.15, 0.2) is 0 Å². The summed E-state index contributed by atoms with van der Waals surface area (Å²) in [6, 6.07) is 0.0261. The van der Waals surface area contributed by atoms with E-state index in [9.17, 15) is 4.79 Å². The number of hydrogen-bond donors (Lipinski definition) is 3. The summed E-state index contributed by atoms with van der Waals surface area (Å²) < 4.78 is 0. The second-order valence-corrected chi connectivity index (χ2v) is 4.17. The molecular weight excluding hydrogens is 192 g/mol. The van der Waals surface area contributed by atoms with Crippen LogP contribution >= 0.6 is 0 Å². The predicted octanol–water partition coefficient (Wildman–Crippen LogP) is 0.167. The Morgan fingerprint density at radius 1 is 1.67 bits per heavy atom. The minimum atomic E-state index is -0.290. The number of amides is 1. The highest BCUT2D eigenvalue weighted by Gasteiger charge is 2.21. The van der Waals surface area contributed by atoms with Gasteiger partial charge in [0.25, 0.3) is 0 Å². The highest BCUT2D eigenvalue weighted by Crippen LogP contribution is 2.16. The Bertz CT molecular complexity index is 239. The standard InChI is InChI=1S/C11H20N2O2/c1-8(14)3-2-6-13-11(15)9-4-5-10(12)7-9/h4-5,8-10,14H,2-3,6-7,12H2,1H3,(H,13,15). The van der Waals surface area contributed by atoms with Gasteiger partial charge in [0.05, 0.1) is 12.0 Å². The third-order valence-corrected chi connectivity index (χ3v) is 2.55. The summed E-state index contributed by atoms with van der Waals surface area (Å²) in [5.74, 6) is -0.0173. The van der Waals surface area contributed by atoms with Crippen molar-refractivity contribution in [1.82, 2.24) is 5.32 Å². The van der Waals surface area contributed by atoms with Gasteiger partial charge in [-0.2, -0.15) is 0 Å². The van der Waals surface area contributed by atoms with Crippen molar-refractivity contribution < 1.29 is 9.90 Å². The normalized spacial score (nSPS) is 26.6. The summed E-state index contributed by atoms with van der Waals surface area (Å²) in [5, 5.41) is 11.9. The minimum absolute atomic E-state index is 0.0261. The summed E-state index contributed by atoms with van der Waals surface area (Å²) in [6.45, 7) is 2.38. The van der Waals surface area contributed by atoms with Crippen LogP contribution < -0.4 is 11.1 Å². The number of aliphatic hydroxyl groups is 1. The molecule has 15 heavy (non-hydrogen) atoms. The number of nitrogens with two attached hydrogens (primary N) is 1. The van der Waals surface area contributed by atoms with Gasteiger partial charge in [0.2, 0.25) is 5.91 Å². The van der Waals surface area contributed by atoms with Crippen LogP contribution in [0.5, 0.6) is 0 Å². The topological polar surface area (TPSA) is 75.3 Å². The van der Waals surface area contributed by atoms with Crippen LogP contribution in [0.4, 0.5) is 0 Å². The van der Waals surface area contributed by atoms with E-state index in [-0.39, 0.29) is 24.0 Å². The van der Waals surface area contributed by atoms with Gasteiger partial charge in [-0.05, 0) is 26.2 Å². The fraction of sp³-hybridized carbons (Fsp3) is 0.727. The predicted molar refractivity (Wildman–Crippen MR) is 59.1 cm³/mol. The first-order valence-electron chi connectivity index (χ1n) is 5.49. The van der Waals surface area contributed by atoms with Crippen LogP contribution in [-0.4, -0.2) is 29.7 Å². The van der Waals surface area contributed by atoms with Gasteiger partial charge in [-0.25, -0.2) is 0 Å². The highest BCUT2D eigenvalue weighted by atomic mass is 16.3. The van der Waals surface area contributed by atoms with Gasteiger partial charge in [0, 0.05) is 12.6 Å². The maximum atomic E-state index is 11.6. The summed E-state index contributed by atoms with van der Waals surface area (Å²) in [5.41, 5.74) is 5.66. The van der Waals surface area contributed by atoms with E-state index in [0.29, 0.717) is 13.0 Å². The van der Waals surface area contributed by atoms with Gasteiger partial charge in [-0.15, -0.1) is 0 Å². The van der Waals surface area contributed by atoms with E-state index in [1.807, 2.05) is 12.2 Å². The van der Waals surface area contributed by atoms with Crippen molar-refractivity contribution >= 4 is 5.91 Å². The molecule has 1 rings (SSSR count). The van der Waals surface area contributed by atoms with E-state index >= 15 is 0 Å². The fourth-order valence-corrected chi connectivity index (χ4v) is 1.66. The third-order valence-electron chi connectivity index (χ3n) is 2.55. The zero-order valence-corrected chi connectivity index (χ0v) is 9.15. The maximum absolute atomic E-state index is 11.6. The molecule has 0 aromatic carbocycles. The first kappa shape index (κ1) is 12.2. The smallest absolute Gasteiger partial charge is 0.226 e. The summed E-state index contributed by atoms with van der Waals surface area (Å²) >= 11 is 0. The molecule has 0 saturated heterocycles. The number of rotatable bonds is 5. The molecule has 0 aromatic rings. The third kappa shape index (κ3) is 4.44. The molecule has 3 unspecified atom stereocenters. The van der Waals surface area contributed by atoms with Crippen LogP contribution in [0.1, 0.15) is 26.2 Å².